The van der Waals surface area contributed by atoms with Gasteiger partial charge in [-0.15, -0.1) is 11.3 Å². The molecule has 1 saturated heterocycles. The van der Waals surface area contributed by atoms with Gasteiger partial charge in [-0.1, -0.05) is 18.2 Å². The van der Waals surface area contributed by atoms with Crippen molar-refractivity contribution in [2.24, 2.45) is 0 Å². The number of para-hydroxylation sites is 1. The van der Waals surface area contributed by atoms with Crippen LogP contribution in [0.2, 0.25) is 0 Å². The predicted octanol–water partition coefficient (Wildman–Crippen LogP) is 4.76. The van der Waals surface area contributed by atoms with Crippen molar-refractivity contribution in [1.82, 2.24) is 4.90 Å². The smallest absolute Gasteiger partial charge is 0.257 e. The Morgan fingerprint density at radius 3 is 2.61 bits per heavy atom. The molecule has 2 aromatic carbocycles. The Hall–Kier alpha value is -3.07. The number of carbonyl (C=O) groups is 2. The minimum Gasteiger partial charge on any atom is -0.377 e. The molecular weight excluding hydrogens is 441 g/mol. The zero-order valence-electron chi connectivity index (χ0n) is 18.1. The van der Waals surface area contributed by atoms with Crippen LogP contribution in [0.5, 0.6) is 0 Å². The molecule has 1 atom stereocenters. The molecule has 8 heteroatoms. The number of hydrogen-bond acceptors (Lipinski definition) is 5. The molecule has 1 aliphatic heterocycles. The summed E-state index contributed by atoms with van der Waals surface area (Å²) in [6.45, 7) is 2.29. The summed E-state index contributed by atoms with van der Waals surface area (Å²) in [4.78, 5) is 29.0. The minimum atomic E-state index is -0.382. The van der Waals surface area contributed by atoms with Gasteiger partial charge in [-0.05, 0) is 60.7 Å². The van der Waals surface area contributed by atoms with Gasteiger partial charge in [0, 0.05) is 30.3 Å². The van der Waals surface area contributed by atoms with Gasteiger partial charge in [-0.2, -0.15) is 0 Å². The Bertz CT molecular complexity index is 1070. The lowest BCUT2D eigenvalue weighted by molar-refractivity contribution is -0.117. The van der Waals surface area contributed by atoms with Crippen molar-refractivity contribution in [1.29, 1.82) is 0 Å². The summed E-state index contributed by atoms with van der Waals surface area (Å²) in [5, 5.41) is 7.64. The molecular formula is C25H26FN3O3S. The summed E-state index contributed by atoms with van der Waals surface area (Å²) in [6.07, 6.45) is 2.17. The van der Waals surface area contributed by atoms with E-state index in [2.05, 4.69) is 21.6 Å². The molecule has 0 bridgehead atoms. The topological polar surface area (TPSA) is 70.7 Å². The molecule has 4 rings (SSSR count). The minimum absolute atomic E-state index is 0.131. The molecule has 3 aromatic rings. The molecule has 1 unspecified atom stereocenters. The van der Waals surface area contributed by atoms with Gasteiger partial charge >= 0.3 is 0 Å². The Morgan fingerprint density at radius 2 is 1.88 bits per heavy atom. The van der Waals surface area contributed by atoms with Gasteiger partial charge in [-0.25, -0.2) is 4.39 Å². The first-order valence-corrected chi connectivity index (χ1v) is 11.8. The molecule has 2 amide bonds. The summed E-state index contributed by atoms with van der Waals surface area (Å²) in [5.41, 5.74) is 1.23. The fourth-order valence-electron chi connectivity index (χ4n) is 3.80. The fourth-order valence-corrected chi connectivity index (χ4v) is 4.55. The van der Waals surface area contributed by atoms with E-state index >= 15 is 0 Å². The van der Waals surface area contributed by atoms with Crippen LogP contribution in [0.15, 0.2) is 66.0 Å². The molecule has 1 aromatic heterocycles. The number of hydrogen-bond donors (Lipinski definition) is 2. The van der Waals surface area contributed by atoms with E-state index in [0.717, 1.165) is 19.4 Å². The van der Waals surface area contributed by atoms with Crippen molar-refractivity contribution in [2.45, 2.75) is 25.5 Å². The van der Waals surface area contributed by atoms with E-state index in [-0.39, 0.29) is 30.3 Å². The highest BCUT2D eigenvalue weighted by molar-refractivity contribution is 7.09. The first-order valence-electron chi connectivity index (χ1n) is 10.9. The third-order valence-electron chi connectivity index (χ3n) is 5.36. The van der Waals surface area contributed by atoms with Crippen LogP contribution in [0.3, 0.4) is 0 Å². The first-order chi connectivity index (χ1) is 16.1. The van der Waals surface area contributed by atoms with Crippen molar-refractivity contribution in [2.75, 3.05) is 30.3 Å². The average Bonchev–Trinajstić information content (AvgIpc) is 3.50. The van der Waals surface area contributed by atoms with Crippen LogP contribution in [0, 0.1) is 5.82 Å². The quantitative estimate of drug-likeness (QED) is 0.476. The standard InChI is InChI=1S/C25H26FN3O3S/c26-18-9-11-19(12-10-18)27-25(31)22-7-1-2-8-23(22)28-24(30)17-29(15-20-5-3-13-32-20)16-21-6-4-14-33-21/h1-2,4,6-12,14,20H,3,5,13,15-17H2,(H,27,31)(H,28,30). The van der Waals surface area contributed by atoms with E-state index in [0.29, 0.717) is 30.0 Å². The number of halogens is 1. The summed E-state index contributed by atoms with van der Waals surface area (Å²) >= 11 is 1.66. The molecule has 1 fully saturated rings. The average molecular weight is 468 g/mol. The molecule has 0 radical (unpaired) electrons. The highest BCUT2D eigenvalue weighted by atomic mass is 32.1. The van der Waals surface area contributed by atoms with Crippen LogP contribution < -0.4 is 10.6 Å². The predicted molar refractivity (Wildman–Crippen MR) is 128 cm³/mol. The second-order valence-corrected chi connectivity index (χ2v) is 8.97. The van der Waals surface area contributed by atoms with Crippen LogP contribution in [0.1, 0.15) is 28.1 Å². The Kier molecular flexibility index (Phi) is 7.83. The van der Waals surface area contributed by atoms with Crippen LogP contribution in [-0.4, -0.2) is 42.5 Å². The van der Waals surface area contributed by atoms with Gasteiger partial charge < -0.3 is 15.4 Å². The second kappa shape index (κ2) is 11.2. The lowest BCUT2D eigenvalue weighted by atomic mass is 10.1. The molecule has 0 spiro atoms. The lowest BCUT2D eigenvalue weighted by Gasteiger charge is -2.24. The number of thiophene rings is 1. The molecule has 0 saturated carbocycles. The molecule has 1 aliphatic rings. The number of carbonyl (C=O) groups excluding carboxylic acids is 2. The van der Waals surface area contributed by atoms with E-state index in [9.17, 15) is 14.0 Å². The number of benzene rings is 2. The monoisotopic (exact) mass is 467 g/mol. The van der Waals surface area contributed by atoms with Gasteiger partial charge in [0.1, 0.15) is 5.82 Å². The van der Waals surface area contributed by atoms with Crippen LogP contribution >= 0.6 is 11.3 Å². The van der Waals surface area contributed by atoms with Gasteiger partial charge in [0.15, 0.2) is 0 Å². The third-order valence-corrected chi connectivity index (χ3v) is 6.22. The summed E-state index contributed by atoms with van der Waals surface area (Å²) in [6, 6.07) is 16.4. The maximum Gasteiger partial charge on any atom is 0.257 e. The summed E-state index contributed by atoms with van der Waals surface area (Å²) in [7, 11) is 0. The molecule has 172 valence electrons. The number of nitrogens with one attached hydrogen (secondary N) is 2. The van der Waals surface area contributed by atoms with Crippen molar-refractivity contribution in [3.8, 4) is 0 Å². The first kappa shape index (κ1) is 23.1. The lowest BCUT2D eigenvalue weighted by Crippen LogP contribution is -2.38. The zero-order valence-corrected chi connectivity index (χ0v) is 18.9. The highest BCUT2D eigenvalue weighted by Crippen LogP contribution is 2.20. The number of amides is 2. The maximum absolute atomic E-state index is 13.1. The van der Waals surface area contributed by atoms with Gasteiger partial charge in [0.2, 0.25) is 5.91 Å². The van der Waals surface area contributed by atoms with E-state index in [1.54, 1.807) is 35.6 Å². The van der Waals surface area contributed by atoms with Crippen LogP contribution in [0.4, 0.5) is 15.8 Å². The molecule has 33 heavy (non-hydrogen) atoms. The van der Waals surface area contributed by atoms with E-state index in [1.165, 1.54) is 29.1 Å². The molecule has 0 aliphatic carbocycles. The van der Waals surface area contributed by atoms with Gasteiger partial charge in [0.25, 0.3) is 5.91 Å². The Morgan fingerprint density at radius 1 is 1.06 bits per heavy atom. The van der Waals surface area contributed by atoms with Crippen molar-refractivity contribution in [3.05, 3.63) is 82.3 Å². The van der Waals surface area contributed by atoms with Crippen molar-refractivity contribution >= 4 is 34.5 Å². The van der Waals surface area contributed by atoms with Gasteiger partial charge in [-0.3, -0.25) is 14.5 Å². The Balaban J connectivity index is 1.42. The highest BCUT2D eigenvalue weighted by Gasteiger charge is 2.22. The van der Waals surface area contributed by atoms with Gasteiger partial charge in [0.05, 0.1) is 23.9 Å². The van der Waals surface area contributed by atoms with Crippen LogP contribution in [-0.2, 0) is 16.1 Å². The number of anilines is 2. The maximum atomic E-state index is 13.1. The number of rotatable bonds is 9. The summed E-state index contributed by atoms with van der Waals surface area (Å²) < 4.78 is 18.9. The molecule has 2 N–H and O–H groups in total. The fraction of sp³-hybridized carbons (Fsp3) is 0.280. The van der Waals surface area contributed by atoms with E-state index < -0.39 is 0 Å². The zero-order chi connectivity index (χ0) is 23.0. The van der Waals surface area contributed by atoms with Crippen LogP contribution in [0.25, 0.3) is 0 Å². The normalized spacial score (nSPS) is 15.5. The number of nitrogens with zero attached hydrogens (tertiary/aromatic N) is 1. The Labute approximate surface area is 196 Å². The van der Waals surface area contributed by atoms with E-state index in [1.807, 2.05) is 11.4 Å². The third kappa shape index (κ3) is 6.71. The molecule has 6 nitrogen and oxygen atoms in total. The largest absolute Gasteiger partial charge is 0.377 e. The van der Waals surface area contributed by atoms with Crippen molar-refractivity contribution in [3.63, 3.8) is 0 Å². The van der Waals surface area contributed by atoms with E-state index in [4.69, 9.17) is 4.74 Å². The number of ether oxygens (including phenoxy) is 1. The molecule has 2 heterocycles. The van der Waals surface area contributed by atoms with Crippen molar-refractivity contribution < 1.29 is 18.7 Å². The summed E-state index contributed by atoms with van der Waals surface area (Å²) in [5.74, 6) is -0.963. The SMILES string of the molecule is O=C(CN(Cc1cccs1)CC1CCCO1)Nc1ccccc1C(=O)Nc1ccc(F)cc1. The second-order valence-electron chi connectivity index (χ2n) is 7.94.